The molecule has 1 atom stereocenters. The standard InChI is InChI=1S/C19H24N2OS/c1-14-5-11-18(12-6-14)23-15(2)19(22)20-13-16-7-9-17(10-8-16)21(3)4/h5-12,15H,13H2,1-4H3,(H,20,22). The van der Waals surface area contributed by atoms with Gasteiger partial charge in [-0.2, -0.15) is 0 Å². The Morgan fingerprint density at radius 2 is 1.70 bits per heavy atom. The van der Waals surface area contributed by atoms with Crippen LogP contribution in [-0.2, 0) is 11.3 Å². The molecule has 3 nitrogen and oxygen atoms in total. The summed E-state index contributed by atoms with van der Waals surface area (Å²) >= 11 is 1.58. The van der Waals surface area contributed by atoms with E-state index in [4.69, 9.17) is 0 Å². The van der Waals surface area contributed by atoms with Crippen LogP contribution in [0.3, 0.4) is 0 Å². The molecule has 1 amide bonds. The molecule has 122 valence electrons. The second-order valence-corrected chi connectivity index (χ2v) is 7.27. The Bertz CT molecular complexity index is 635. The number of aryl methyl sites for hydroxylation is 1. The van der Waals surface area contributed by atoms with E-state index in [1.807, 2.05) is 33.2 Å². The van der Waals surface area contributed by atoms with Crippen molar-refractivity contribution in [2.75, 3.05) is 19.0 Å². The van der Waals surface area contributed by atoms with Gasteiger partial charge in [0.15, 0.2) is 0 Å². The van der Waals surface area contributed by atoms with E-state index in [1.54, 1.807) is 11.8 Å². The predicted molar refractivity (Wildman–Crippen MR) is 99.1 cm³/mol. The van der Waals surface area contributed by atoms with Gasteiger partial charge in [0.2, 0.25) is 5.91 Å². The summed E-state index contributed by atoms with van der Waals surface area (Å²) in [5.74, 6) is 0.0623. The molecule has 0 saturated heterocycles. The van der Waals surface area contributed by atoms with Crippen molar-refractivity contribution in [2.45, 2.75) is 30.5 Å². The van der Waals surface area contributed by atoms with Crippen LogP contribution in [0.2, 0.25) is 0 Å². The van der Waals surface area contributed by atoms with Gasteiger partial charge in [0, 0.05) is 31.2 Å². The first kappa shape index (κ1) is 17.4. The summed E-state index contributed by atoms with van der Waals surface area (Å²) in [7, 11) is 4.03. The molecule has 2 rings (SSSR count). The average molecular weight is 328 g/mol. The highest BCUT2D eigenvalue weighted by molar-refractivity contribution is 8.00. The fourth-order valence-corrected chi connectivity index (χ4v) is 3.01. The molecule has 0 aliphatic rings. The van der Waals surface area contributed by atoms with Crippen LogP contribution < -0.4 is 10.2 Å². The van der Waals surface area contributed by atoms with Crippen molar-refractivity contribution in [2.24, 2.45) is 0 Å². The summed E-state index contributed by atoms with van der Waals surface area (Å²) in [5.41, 5.74) is 3.49. The Balaban J connectivity index is 1.84. The van der Waals surface area contributed by atoms with Crippen molar-refractivity contribution in [3.05, 3.63) is 59.7 Å². The van der Waals surface area contributed by atoms with Crippen LogP contribution in [0, 0.1) is 6.92 Å². The SMILES string of the molecule is Cc1ccc(SC(C)C(=O)NCc2ccc(N(C)C)cc2)cc1. The van der Waals surface area contributed by atoms with E-state index in [0.717, 1.165) is 16.1 Å². The zero-order chi connectivity index (χ0) is 16.8. The lowest BCUT2D eigenvalue weighted by molar-refractivity contribution is -0.120. The number of hydrogen-bond acceptors (Lipinski definition) is 3. The van der Waals surface area contributed by atoms with Crippen LogP contribution in [0.1, 0.15) is 18.1 Å². The number of carbonyl (C=O) groups excluding carboxylic acids is 1. The van der Waals surface area contributed by atoms with Crippen molar-refractivity contribution >= 4 is 23.4 Å². The monoisotopic (exact) mass is 328 g/mol. The maximum atomic E-state index is 12.2. The second kappa shape index (κ2) is 8.06. The minimum absolute atomic E-state index is 0.0623. The molecule has 0 aliphatic heterocycles. The summed E-state index contributed by atoms with van der Waals surface area (Å²) in [5, 5.41) is 2.89. The third-order valence-corrected chi connectivity index (χ3v) is 4.73. The van der Waals surface area contributed by atoms with Gasteiger partial charge >= 0.3 is 0 Å². The lowest BCUT2D eigenvalue weighted by atomic mass is 10.2. The summed E-state index contributed by atoms with van der Waals surface area (Å²) in [4.78, 5) is 15.4. The molecule has 2 aromatic carbocycles. The number of carbonyl (C=O) groups is 1. The van der Waals surface area contributed by atoms with Crippen LogP contribution >= 0.6 is 11.8 Å². The first-order valence-electron chi connectivity index (χ1n) is 7.73. The Labute approximate surface area is 143 Å². The molecule has 0 heterocycles. The fraction of sp³-hybridized carbons (Fsp3) is 0.316. The fourth-order valence-electron chi connectivity index (χ4n) is 2.12. The van der Waals surface area contributed by atoms with Gasteiger partial charge in [0.05, 0.1) is 5.25 Å². The molecule has 2 aromatic rings. The summed E-state index contributed by atoms with van der Waals surface area (Å²) in [6.45, 7) is 4.56. The van der Waals surface area contributed by atoms with Gasteiger partial charge in [-0.1, -0.05) is 29.8 Å². The number of thioether (sulfide) groups is 1. The molecule has 23 heavy (non-hydrogen) atoms. The number of nitrogens with zero attached hydrogens (tertiary/aromatic N) is 1. The van der Waals surface area contributed by atoms with Gasteiger partial charge in [0.1, 0.15) is 0 Å². The highest BCUT2D eigenvalue weighted by Gasteiger charge is 2.13. The smallest absolute Gasteiger partial charge is 0.233 e. The molecule has 1 N–H and O–H groups in total. The zero-order valence-electron chi connectivity index (χ0n) is 14.2. The van der Waals surface area contributed by atoms with E-state index in [1.165, 1.54) is 5.56 Å². The molecule has 0 aliphatic carbocycles. The van der Waals surface area contributed by atoms with Crippen LogP contribution in [0.15, 0.2) is 53.4 Å². The van der Waals surface area contributed by atoms with E-state index in [9.17, 15) is 4.79 Å². The Morgan fingerprint density at radius 1 is 1.09 bits per heavy atom. The number of benzene rings is 2. The minimum Gasteiger partial charge on any atom is -0.378 e. The van der Waals surface area contributed by atoms with E-state index < -0.39 is 0 Å². The van der Waals surface area contributed by atoms with Crippen LogP contribution in [0.25, 0.3) is 0 Å². The molecular formula is C19H24N2OS. The quantitative estimate of drug-likeness (QED) is 0.817. The Morgan fingerprint density at radius 3 is 2.26 bits per heavy atom. The maximum absolute atomic E-state index is 12.2. The number of rotatable bonds is 6. The molecule has 0 bridgehead atoms. The van der Waals surface area contributed by atoms with Gasteiger partial charge in [-0.25, -0.2) is 0 Å². The second-order valence-electron chi connectivity index (χ2n) is 5.85. The summed E-state index contributed by atoms with van der Waals surface area (Å²) in [6.07, 6.45) is 0. The van der Waals surface area contributed by atoms with Gasteiger partial charge in [-0.3, -0.25) is 4.79 Å². The third kappa shape index (κ3) is 5.32. The van der Waals surface area contributed by atoms with E-state index in [2.05, 4.69) is 53.5 Å². The zero-order valence-corrected chi connectivity index (χ0v) is 15.0. The van der Waals surface area contributed by atoms with Crippen molar-refractivity contribution in [1.29, 1.82) is 0 Å². The minimum atomic E-state index is -0.112. The van der Waals surface area contributed by atoms with Gasteiger partial charge in [-0.05, 0) is 43.7 Å². The lowest BCUT2D eigenvalue weighted by Crippen LogP contribution is -2.30. The highest BCUT2D eigenvalue weighted by atomic mass is 32.2. The Kier molecular flexibility index (Phi) is 6.11. The topological polar surface area (TPSA) is 32.3 Å². The molecule has 0 saturated carbocycles. The normalized spacial score (nSPS) is 11.8. The molecule has 4 heteroatoms. The number of amides is 1. The summed E-state index contributed by atoms with van der Waals surface area (Å²) < 4.78 is 0. The van der Waals surface area contributed by atoms with Crippen molar-refractivity contribution in [3.8, 4) is 0 Å². The number of nitrogens with one attached hydrogen (secondary N) is 1. The number of anilines is 1. The van der Waals surface area contributed by atoms with Crippen molar-refractivity contribution in [1.82, 2.24) is 5.32 Å². The van der Waals surface area contributed by atoms with Gasteiger partial charge in [0.25, 0.3) is 0 Å². The first-order chi connectivity index (χ1) is 11.0. The maximum Gasteiger partial charge on any atom is 0.233 e. The van der Waals surface area contributed by atoms with Crippen molar-refractivity contribution in [3.63, 3.8) is 0 Å². The molecule has 0 radical (unpaired) electrons. The predicted octanol–water partition coefficient (Wildman–Crippen LogP) is 3.86. The van der Waals surface area contributed by atoms with Crippen LogP contribution in [-0.4, -0.2) is 25.3 Å². The van der Waals surface area contributed by atoms with Crippen LogP contribution in [0.5, 0.6) is 0 Å². The molecule has 0 fully saturated rings. The lowest BCUT2D eigenvalue weighted by Gasteiger charge is -2.14. The molecule has 0 spiro atoms. The number of hydrogen-bond donors (Lipinski definition) is 1. The van der Waals surface area contributed by atoms with E-state index >= 15 is 0 Å². The van der Waals surface area contributed by atoms with E-state index in [-0.39, 0.29) is 11.2 Å². The van der Waals surface area contributed by atoms with Gasteiger partial charge in [-0.15, -0.1) is 11.8 Å². The van der Waals surface area contributed by atoms with E-state index in [0.29, 0.717) is 6.54 Å². The summed E-state index contributed by atoms with van der Waals surface area (Å²) in [6, 6.07) is 16.5. The van der Waals surface area contributed by atoms with Crippen molar-refractivity contribution < 1.29 is 4.79 Å². The van der Waals surface area contributed by atoms with Crippen LogP contribution in [0.4, 0.5) is 5.69 Å². The highest BCUT2D eigenvalue weighted by Crippen LogP contribution is 2.23. The van der Waals surface area contributed by atoms with Gasteiger partial charge < -0.3 is 10.2 Å². The molecule has 0 aromatic heterocycles. The molecule has 1 unspecified atom stereocenters. The molecular weight excluding hydrogens is 304 g/mol. The third-order valence-electron chi connectivity index (χ3n) is 3.62. The average Bonchev–Trinajstić information content (AvgIpc) is 2.55. The Hall–Kier alpha value is -1.94. The first-order valence-corrected chi connectivity index (χ1v) is 8.61. The largest absolute Gasteiger partial charge is 0.378 e.